The van der Waals surface area contributed by atoms with E-state index in [0.717, 1.165) is 22.5 Å². The summed E-state index contributed by atoms with van der Waals surface area (Å²) in [5, 5.41) is 0. The lowest BCUT2D eigenvalue weighted by Crippen LogP contribution is -2.06. The number of hydrogen-bond donors (Lipinski definition) is 0. The van der Waals surface area contributed by atoms with Crippen LogP contribution in [0.2, 0.25) is 0 Å². The Morgan fingerprint density at radius 2 is 1.38 bits per heavy atom. The zero-order chi connectivity index (χ0) is 14.2. The molecule has 0 N–H and O–H groups in total. The molecule has 0 saturated carbocycles. The van der Waals surface area contributed by atoms with Crippen molar-refractivity contribution in [1.82, 2.24) is 9.55 Å². The molecule has 3 nitrogen and oxygen atoms in total. The van der Waals surface area contributed by atoms with Gasteiger partial charge in [-0.05, 0) is 6.08 Å². The summed E-state index contributed by atoms with van der Waals surface area (Å²) < 4.78 is 1.68. The minimum Gasteiger partial charge on any atom is -0.269 e. The number of imidazole rings is 1. The quantitative estimate of drug-likeness (QED) is 0.709. The second-order valence-electron chi connectivity index (χ2n) is 4.91. The Kier molecular flexibility index (Phi) is 2.57. The molecule has 0 fully saturated rings. The Hall–Kier alpha value is -2.94. The first-order chi connectivity index (χ1) is 10.3. The summed E-state index contributed by atoms with van der Waals surface area (Å²) >= 11 is 0. The Balaban J connectivity index is 2.03. The van der Waals surface area contributed by atoms with Crippen LogP contribution in [0.15, 0.2) is 66.7 Å². The van der Waals surface area contributed by atoms with Crippen LogP contribution in [0, 0.1) is 0 Å². The van der Waals surface area contributed by atoms with Crippen LogP contribution in [0.25, 0.3) is 28.6 Å². The van der Waals surface area contributed by atoms with Gasteiger partial charge in [-0.1, -0.05) is 60.7 Å². The normalized spacial score (nSPS) is 12.7. The number of allylic oxidation sites excluding steroid dienone is 1. The molecule has 0 bridgehead atoms. The molecule has 1 aliphatic rings. The second kappa shape index (κ2) is 4.56. The fourth-order valence-corrected chi connectivity index (χ4v) is 2.65. The van der Waals surface area contributed by atoms with E-state index in [0.29, 0.717) is 5.82 Å². The lowest BCUT2D eigenvalue weighted by atomic mass is 10.0. The Morgan fingerprint density at radius 3 is 2.05 bits per heavy atom. The molecular formula is C18H12N2O. The second-order valence-corrected chi connectivity index (χ2v) is 4.91. The van der Waals surface area contributed by atoms with Gasteiger partial charge in [0, 0.05) is 17.2 Å². The molecule has 0 atom stereocenters. The molecule has 0 aliphatic carbocycles. The van der Waals surface area contributed by atoms with Crippen LogP contribution in [-0.2, 0) is 0 Å². The number of benzene rings is 2. The van der Waals surface area contributed by atoms with E-state index in [1.165, 1.54) is 0 Å². The Morgan fingerprint density at radius 1 is 0.762 bits per heavy atom. The third-order valence-electron chi connectivity index (χ3n) is 3.59. The van der Waals surface area contributed by atoms with Gasteiger partial charge in [0.25, 0.3) is 5.91 Å². The van der Waals surface area contributed by atoms with E-state index in [4.69, 9.17) is 0 Å². The van der Waals surface area contributed by atoms with E-state index in [2.05, 4.69) is 4.98 Å². The van der Waals surface area contributed by atoms with Crippen LogP contribution >= 0.6 is 0 Å². The predicted molar refractivity (Wildman–Crippen MR) is 82.8 cm³/mol. The Labute approximate surface area is 122 Å². The molecule has 3 heteroatoms. The van der Waals surface area contributed by atoms with Gasteiger partial charge in [0.1, 0.15) is 5.82 Å². The van der Waals surface area contributed by atoms with Gasteiger partial charge in [0.15, 0.2) is 0 Å². The van der Waals surface area contributed by atoms with Crippen LogP contribution in [0.1, 0.15) is 10.6 Å². The van der Waals surface area contributed by atoms with Crippen molar-refractivity contribution in [3.05, 3.63) is 72.6 Å². The van der Waals surface area contributed by atoms with Crippen molar-refractivity contribution in [2.24, 2.45) is 0 Å². The number of hydrogen-bond acceptors (Lipinski definition) is 2. The molecule has 21 heavy (non-hydrogen) atoms. The van der Waals surface area contributed by atoms with Gasteiger partial charge in [-0.2, -0.15) is 0 Å². The summed E-state index contributed by atoms with van der Waals surface area (Å²) in [6.45, 7) is 0. The minimum atomic E-state index is -0.0430. The van der Waals surface area contributed by atoms with Gasteiger partial charge in [0.2, 0.25) is 0 Å². The van der Waals surface area contributed by atoms with Gasteiger partial charge in [0.05, 0.1) is 11.4 Å². The van der Waals surface area contributed by atoms with Crippen LogP contribution in [-0.4, -0.2) is 15.5 Å². The molecule has 4 rings (SSSR count). The predicted octanol–water partition coefficient (Wildman–Crippen LogP) is 3.88. The lowest BCUT2D eigenvalue weighted by Gasteiger charge is -2.07. The van der Waals surface area contributed by atoms with Gasteiger partial charge in [-0.15, -0.1) is 0 Å². The van der Waals surface area contributed by atoms with Crippen molar-refractivity contribution in [1.29, 1.82) is 0 Å². The smallest absolute Gasteiger partial charge is 0.256 e. The zero-order valence-electron chi connectivity index (χ0n) is 11.2. The SMILES string of the molecule is O=C1C=Cc2nc(-c3ccccc3)c(-c3ccccc3)n21. The lowest BCUT2D eigenvalue weighted by molar-refractivity contribution is 0.0976. The highest BCUT2D eigenvalue weighted by Crippen LogP contribution is 2.34. The monoisotopic (exact) mass is 272 g/mol. The summed E-state index contributed by atoms with van der Waals surface area (Å²) in [6, 6.07) is 19.9. The van der Waals surface area contributed by atoms with Gasteiger partial charge < -0.3 is 0 Å². The van der Waals surface area contributed by atoms with Crippen LogP contribution in [0.3, 0.4) is 0 Å². The number of rotatable bonds is 2. The van der Waals surface area contributed by atoms with E-state index in [1.54, 1.807) is 16.7 Å². The molecule has 1 aromatic heterocycles. The van der Waals surface area contributed by atoms with Gasteiger partial charge in [-0.25, -0.2) is 4.98 Å². The fraction of sp³-hybridized carbons (Fsp3) is 0. The van der Waals surface area contributed by atoms with Crippen molar-refractivity contribution in [3.63, 3.8) is 0 Å². The minimum absolute atomic E-state index is 0.0430. The molecule has 2 heterocycles. The summed E-state index contributed by atoms with van der Waals surface area (Å²) in [6.07, 6.45) is 3.32. The summed E-state index contributed by atoms with van der Waals surface area (Å²) in [5.74, 6) is 0.649. The molecule has 0 spiro atoms. The maximum absolute atomic E-state index is 12.1. The van der Waals surface area contributed by atoms with E-state index >= 15 is 0 Å². The van der Waals surface area contributed by atoms with Crippen LogP contribution in [0.4, 0.5) is 0 Å². The number of carbonyl (C=O) groups excluding carboxylic acids is 1. The maximum atomic E-state index is 12.1. The third kappa shape index (κ3) is 1.82. The van der Waals surface area contributed by atoms with Crippen molar-refractivity contribution >= 4 is 12.0 Å². The van der Waals surface area contributed by atoms with E-state index in [-0.39, 0.29) is 5.91 Å². The molecule has 0 saturated heterocycles. The summed E-state index contributed by atoms with van der Waals surface area (Å²) in [7, 11) is 0. The molecular weight excluding hydrogens is 260 g/mol. The number of nitrogens with zero attached hydrogens (tertiary/aromatic N) is 2. The third-order valence-corrected chi connectivity index (χ3v) is 3.59. The van der Waals surface area contributed by atoms with Crippen LogP contribution < -0.4 is 0 Å². The first kappa shape index (κ1) is 11.9. The molecule has 2 aromatic carbocycles. The van der Waals surface area contributed by atoms with E-state index < -0.39 is 0 Å². The first-order valence-corrected chi connectivity index (χ1v) is 6.80. The standard InChI is InChI=1S/C18H12N2O/c21-16-12-11-15-19-17(13-7-3-1-4-8-13)18(20(15)16)14-9-5-2-6-10-14/h1-12H. The van der Waals surface area contributed by atoms with Crippen molar-refractivity contribution in [2.75, 3.05) is 0 Å². The summed E-state index contributed by atoms with van der Waals surface area (Å²) in [4.78, 5) is 16.8. The highest BCUT2D eigenvalue weighted by atomic mass is 16.2. The van der Waals surface area contributed by atoms with Gasteiger partial charge >= 0.3 is 0 Å². The maximum Gasteiger partial charge on any atom is 0.256 e. The average molecular weight is 272 g/mol. The zero-order valence-corrected chi connectivity index (χ0v) is 11.2. The molecule has 3 aromatic rings. The number of carbonyl (C=O) groups is 1. The van der Waals surface area contributed by atoms with Gasteiger partial charge in [-0.3, -0.25) is 9.36 Å². The molecule has 100 valence electrons. The largest absolute Gasteiger partial charge is 0.269 e. The topological polar surface area (TPSA) is 34.9 Å². The van der Waals surface area contributed by atoms with Crippen molar-refractivity contribution in [3.8, 4) is 22.5 Å². The highest BCUT2D eigenvalue weighted by molar-refractivity contribution is 6.03. The molecule has 0 amide bonds. The number of aromatic nitrogens is 2. The molecule has 1 aliphatic heterocycles. The highest BCUT2D eigenvalue weighted by Gasteiger charge is 2.24. The van der Waals surface area contributed by atoms with Crippen LogP contribution in [0.5, 0.6) is 0 Å². The fourth-order valence-electron chi connectivity index (χ4n) is 2.65. The van der Waals surface area contributed by atoms with E-state index in [9.17, 15) is 4.79 Å². The van der Waals surface area contributed by atoms with Crippen molar-refractivity contribution in [2.45, 2.75) is 0 Å². The summed E-state index contributed by atoms with van der Waals surface area (Å²) in [5.41, 5.74) is 3.70. The number of fused-ring (bicyclic) bond motifs is 1. The van der Waals surface area contributed by atoms with Crippen molar-refractivity contribution < 1.29 is 4.79 Å². The average Bonchev–Trinajstić information content (AvgIpc) is 3.09. The Bertz CT molecular complexity index is 846. The first-order valence-electron chi connectivity index (χ1n) is 6.80. The van der Waals surface area contributed by atoms with E-state index in [1.807, 2.05) is 60.7 Å². The molecule has 0 unspecified atom stereocenters. The molecule has 0 radical (unpaired) electrons.